The van der Waals surface area contributed by atoms with Gasteiger partial charge in [-0.05, 0) is 26.0 Å². The number of H-pyrrole nitrogens is 1. The topological polar surface area (TPSA) is 59.3 Å². The summed E-state index contributed by atoms with van der Waals surface area (Å²) in [6, 6.07) is 7.11. The van der Waals surface area contributed by atoms with Gasteiger partial charge in [0.05, 0.1) is 37.1 Å². The van der Waals surface area contributed by atoms with E-state index in [1.165, 1.54) is 9.47 Å². The van der Waals surface area contributed by atoms with Crippen LogP contribution in [0.2, 0.25) is 0 Å². The van der Waals surface area contributed by atoms with Crippen LogP contribution < -0.4 is 28.6 Å². The Bertz CT molecular complexity index is 674. The monoisotopic (exact) mass is 297 g/mol. The van der Waals surface area contributed by atoms with Crippen LogP contribution in [0.4, 0.5) is 0 Å². The molecule has 20 heavy (non-hydrogen) atoms. The number of fused-ring (bicyclic) bond motifs is 1. The van der Waals surface area contributed by atoms with Gasteiger partial charge in [0.25, 0.3) is 5.56 Å². The minimum absolute atomic E-state index is 0. The molecule has 0 bridgehead atoms. The number of nitrogens with one attached hydrogen (secondary N) is 2. The van der Waals surface area contributed by atoms with E-state index in [9.17, 15) is 9.59 Å². The molecular formula is C14H20ClN3O2. The van der Waals surface area contributed by atoms with Gasteiger partial charge in [-0.25, -0.2) is 4.79 Å². The molecule has 0 unspecified atom stereocenters. The van der Waals surface area contributed by atoms with Crippen LogP contribution in [0.15, 0.2) is 33.9 Å². The number of hydrogen-bond donors (Lipinski definition) is 2. The predicted molar refractivity (Wildman–Crippen MR) is 75.7 cm³/mol. The van der Waals surface area contributed by atoms with E-state index in [0.29, 0.717) is 17.4 Å². The van der Waals surface area contributed by atoms with Gasteiger partial charge in [0.15, 0.2) is 0 Å². The third-order valence-electron chi connectivity index (χ3n) is 3.58. The summed E-state index contributed by atoms with van der Waals surface area (Å²) in [6.45, 7) is 7.44. The number of aromatic nitrogens is 2. The molecule has 110 valence electrons. The number of rotatable bonds is 5. The largest absolute Gasteiger partial charge is 1.00 e. The molecule has 0 radical (unpaired) electrons. The summed E-state index contributed by atoms with van der Waals surface area (Å²) in [5, 5.41) is 0.566. The van der Waals surface area contributed by atoms with Crippen molar-refractivity contribution in [2.24, 2.45) is 0 Å². The van der Waals surface area contributed by atoms with Gasteiger partial charge in [0, 0.05) is 0 Å². The van der Waals surface area contributed by atoms with Crippen LogP contribution in [0.1, 0.15) is 13.8 Å². The first-order valence-electron chi connectivity index (χ1n) is 6.72. The third-order valence-corrected chi connectivity index (χ3v) is 3.58. The maximum Gasteiger partial charge on any atom is 0.329 e. The average molecular weight is 298 g/mol. The number of aromatic amines is 1. The van der Waals surface area contributed by atoms with Crippen molar-refractivity contribution in [2.75, 3.05) is 19.6 Å². The Kier molecular flexibility index (Phi) is 5.98. The number of halogens is 1. The van der Waals surface area contributed by atoms with Crippen molar-refractivity contribution in [1.82, 2.24) is 9.55 Å². The lowest BCUT2D eigenvalue weighted by Gasteiger charge is -2.15. The molecule has 0 atom stereocenters. The van der Waals surface area contributed by atoms with Crippen molar-refractivity contribution >= 4 is 10.9 Å². The Balaban J connectivity index is 0.00000200. The molecular weight excluding hydrogens is 278 g/mol. The minimum Gasteiger partial charge on any atom is -1.00 e. The SMILES string of the molecule is CC[NH+](CC)CCn1c(=O)[nH]c2ccccc2c1=O.[Cl-]. The molecule has 0 aliphatic heterocycles. The van der Waals surface area contributed by atoms with Gasteiger partial charge in [-0.1, -0.05) is 12.1 Å². The Hall–Kier alpha value is -1.59. The Morgan fingerprint density at radius 1 is 1.15 bits per heavy atom. The van der Waals surface area contributed by atoms with Crippen molar-refractivity contribution in [1.29, 1.82) is 0 Å². The highest BCUT2D eigenvalue weighted by Crippen LogP contribution is 2.02. The fourth-order valence-electron chi connectivity index (χ4n) is 2.28. The molecule has 2 rings (SSSR count). The lowest BCUT2D eigenvalue weighted by Crippen LogP contribution is -3.11. The molecule has 0 saturated carbocycles. The van der Waals surface area contributed by atoms with Crippen LogP contribution in [0, 0.1) is 0 Å². The first-order chi connectivity index (χ1) is 9.17. The van der Waals surface area contributed by atoms with Crippen LogP contribution >= 0.6 is 0 Å². The molecule has 0 saturated heterocycles. The molecule has 0 spiro atoms. The van der Waals surface area contributed by atoms with Gasteiger partial charge in [0.2, 0.25) is 0 Å². The first-order valence-corrected chi connectivity index (χ1v) is 6.72. The summed E-state index contributed by atoms with van der Waals surface area (Å²) in [6.07, 6.45) is 0. The van der Waals surface area contributed by atoms with Gasteiger partial charge in [-0.3, -0.25) is 9.36 Å². The van der Waals surface area contributed by atoms with Crippen molar-refractivity contribution in [3.8, 4) is 0 Å². The van der Waals surface area contributed by atoms with Crippen molar-refractivity contribution in [3.63, 3.8) is 0 Å². The van der Waals surface area contributed by atoms with Crippen LogP contribution in [-0.2, 0) is 6.54 Å². The molecule has 1 heterocycles. The van der Waals surface area contributed by atoms with Gasteiger partial charge in [-0.2, -0.15) is 0 Å². The number of para-hydroxylation sites is 1. The second-order valence-corrected chi connectivity index (χ2v) is 4.64. The number of nitrogens with zero attached hydrogens (tertiary/aromatic N) is 1. The summed E-state index contributed by atoms with van der Waals surface area (Å²) in [5.74, 6) is 0. The zero-order valence-electron chi connectivity index (χ0n) is 11.8. The highest BCUT2D eigenvalue weighted by molar-refractivity contribution is 5.76. The molecule has 1 aromatic heterocycles. The van der Waals surface area contributed by atoms with E-state index in [1.54, 1.807) is 12.1 Å². The summed E-state index contributed by atoms with van der Waals surface area (Å²) < 4.78 is 1.30. The van der Waals surface area contributed by atoms with Gasteiger partial charge in [-0.15, -0.1) is 0 Å². The minimum atomic E-state index is -0.324. The second-order valence-electron chi connectivity index (χ2n) is 4.64. The molecule has 0 amide bonds. The van der Waals surface area contributed by atoms with E-state index in [-0.39, 0.29) is 23.7 Å². The highest BCUT2D eigenvalue weighted by Gasteiger charge is 2.09. The molecule has 0 fully saturated rings. The standard InChI is InChI=1S/C14H19N3O2.ClH/c1-3-16(4-2)9-10-17-13(18)11-7-5-6-8-12(11)15-14(17)19;/h5-8H,3-4,9-10H2,1-2H3,(H,15,19);1H. The number of hydrogen-bond acceptors (Lipinski definition) is 2. The van der Waals surface area contributed by atoms with E-state index in [0.717, 1.165) is 19.6 Å². The van der Waals surface area contributed by atoms with Gasteiger partial charge >= 0.3 is 5.69 Å². The van der Waals surface area contributed by atoms with E-state index in [2.05, 4.69) is 18.8 Å². The third kappa shape index (κ3) is 3.29. The zero-order valence-corrected chi connectivity index (χ0v) is 12.5. The first kappa shape index (κ1) is 16.5. The zero-order chi connectivity index (χ0) is 13.8. The smallest absolute Gasteiger partial charge is 0.329 e. The summed E-state index contributed by atoms with van der Waals surface area (Å²) >= 11 is 0. The fourth-order valence-corrected chi connectivity index (χ4v) is 2.28. The van der Waals surface area contributed by atoms with Crippen LogP contribution in [0.3, 0.4) is 0 Å². The van der Waals surface area contributed by atoms with Gasteiger partial charge < -0.3 is 22.3 Å². The molecule has 1 aromatic carbocycles. The van der Waals surface area contributed by atoms with Crippen molar-refractivity contribution in [2.45, 2.75) is 20.4 Å². The number of quaternary nitrogens is 1. The Morgan fingerprint density at radius 2 is 1.80 bits per heavy atom. The second kappa shape index (κ2) is 7.26. The summed E-state index contributed by atoms with van der Waals surface area (Å²) in [5.41, 5.74) is 0.0742. The number of benzene rings is 1. The summed E-state index contributed by atoms with van der Waals surface area (Å²) in [4.78, 5) is 28.3. The van der Waals surface area contributed by atoms with Gasteiger partial charge in [0.1, 0.15) is 0 Å². The van der Waals surface area contributed by atoms with Crippen LogP contribution in [-0.4, -0.2) is 29.2 Å². The highest BCUT2D eigenvalue weighted by atomic mass is 35.5. The predicted octanol–water partition coefficient (Wildman–Crippen LogP) is -3.38. The Labute approximate surface area is 123 Å². The van der Waals surface area contributed by atoms with E-state index in [4.69, 9.17) is 0 Å². The molecule has 2 N–H and O–H groups in total. The molecule has 5 nitrogen and oxygen atoms in total. The van der Waals surface area contributed by atoms with E-state index in [1.807, 2.05) is 12.1 Å². The van der Waals surface area contributed by atoms with Crippen molar-refractivity contribution < 1.29 is 17.3 Å². The van der Waals surface area contributed by atoms with Crippen molar-refractivity contribution in [3.05, 3.63) is 45.1 Å². The fraction of sp³-hybridized carbons (Fsp3) is 0.429. The van der Waals surface area contributed by atoms with Crippen LogP contribution in [0.5, 0.6) is 0 Å². The average Bonchev–Trinajstić information content (AvgIpc) is 2.43. The molecule has 0 aliphatic carbocycles. The summed E-state index contributed by atoms with van der Waals surface area (Å²) in [7, 11) is 0. The molecule has 6 heteroatoms. The Morgan fingerprint density at radius 3 is 2.45 bits per heavy atom. The maximum atomic E-state index is 12.3. The lowest BCUT2D eigenvalue weighted by molar-refractivity contribution is -0.897. The van der Waals surface area contributed by atoms with E-state index >= 15 is 0 Å². The normalized spacial score (nSPS) is 10.8. The molecule has 0 aliphatic rings. The molecule has 2 aromatic rings. The quantitative estimate of drug-likeness (QED) is 0.605. The number of likely N-dealkylation sites (N-methyl/N-ethyl adjacent to an activating group) is 1. The lowest BCUT2D eigenvalue weighted by atomic mass is 10.2. The maximum absolute atomic E-state index is 12.3. The van der Waals surface area contributed by atoms with E-state index < -0.39 is 0 Å². The van der Waals surface area contributed by atoms with Crippen LogP contribution in [0.25, 0.3) is 10.9 Å².